The molecule has 0 bridgehead atoms. The lowest BCUT2D eigenvalue weighted by Gasteiger charge is -2.28. The van der Waals surface area contributed by atoms with Crippen LogP contribution in [-0.4, -0.2) is 30.1 Å². The number of hydrogen-bond donors (Lipinski definition) is 0. The average molecular weight is 340 g/mol. The fraction of sp³-hybridized carbons (Fsp3) is 0.562. The highest BCUT2D eigenvalue weighted by Gasteiger charge is 2.29. The van der Waals surface area contributed by atoms with Gasteiger partial charge >= 0.3 is 5.97 Å². The number of nitrogens with zero attached hydrogens (tertiary/aromatic N) is 1. The molecule has 110 valence electrons. The first-order chi connectivity index (χ1) is 9.56. The zero-order valence-electron chi connectivity index (χ0n) is 12.4. The number of ether oxygens (including phenoxy) is 1. The van der Waals surface area contributed by atoms with Gasteiger partial charge < -0.3 is 4.74 Å². The molecule has 1 aromatic carbocycles. The molecule has 1 heterocycles. The van der Waals surface area contributed by atoms with Crippen molar-refractivity contribution in [2.45, 2.75) is 51.7 Å². The van der Waals surface area contributed by atoms with Crippen LogP contribution in [0.3, 0.4) is 0 Å². The summed E-state index contributed by atoms with van der Waals surface area (Å²) in [6.07, 6.45) is 3.76. The molecule has 2 rings (SSSR count). The summed E-state index contributed by atoms with van der Waals surface area (Å²) >= 11 is 3.58. The third-order valence-corrected chi connectivity index (χ3v) is 4.99. The van der Waals surface area contributed by atoms with Gasteiger partial charge in [-0.05, 0) is 43.9 Å². The van der Waals surface area contributed by atoms with Crippen LogP contribution in [0.4, 0.5) is 0 Å². The van der Waals surface area contributed by atoms with Gasteiger partial charge in [0.25, 0.3) is 0 Å². The molecule has 1 fully saturated rings. The summed E-state index contributed by atoms with van der Waals surface area (Å²) in [6, 6.07) is 7.02. The second-order valence-electron chi connectivity index (χ2n) is 5.46. The molecule has 0 spiro atoms. The van der Waals surface area contributed by atoms with E-state index in [1.54, 1.807) is 0 Å². The molecule has 20 heavy (non-hydrogen) atoms. The Labute approximate surface area is 129 Å². The summed E-state index contributed by atoms with van der Waals surface area (Å²) < 4.78 is 5.73. The Balaban J connectivity index is 2.15. The van der Waals surface area contributed by atoms with E-state index < -0.39 is 0 Å². The molecule has 1 aromatic rings. The Morgan fingerprint density at radius 3 is 2.80 bits per heavy atom. The number of benzene rings is 1. The second kappa shape index (κ2) is 6.72. The number of esters is 1. The second-order valence-corrected chi connectivity index (χ2v) is 6.31. The highest BCUT2D eigenvalue weighted by molar-refractivity contribution is 9.10. The lowest BCUT2D eigenvalue weighted by atomic mass is 10.1. The topological polar surface area (TPSA) is 29.5 Å². The first-order valence-corrected chi connectivity index (χ1v) is 7.98. The Morgan fingerprint density at radius 1 is 1.45 bits per heavy atom. The third-order valence-electron chi connectivity index (χ3n) is 4.25. The van der Waals surface area contributed by atoms with E-state index in [2.05, 4.69) is 34.7 Å². The van der Waals surface area contributed by atoms with Crippen molar-refractivity contribution in [1.82, 2.24) is 4.90 Å². The van der Waals surface area contributed by atoms with Gasteiger partial charge in [-0.1, -0.05) is 28.9 Å². The molecule has 3 nitrogen and oxygen atoms in total. The van der Waals surface area contributed by atoms with Crippen LogP contribution >= 0.6 is 15.9 Å². The monoisotopic (exact) mass is 339 g/mol. The molecule has 1 aliphatic heterocycles. The van der Waals surface area contributed by atoms with Crippen molar-refractivity contribution in [3.05, 3.63) is 33.8 Å². The van der Waals surface area contributed by atoms with Gasteiger partial charge in [-0.15, -0.1) is 0 Å². The summed E-state index contributed by atoms with van der Waals surface area (Å²) in [5, 5.41) is 0. The number of methoxy groups -OCH3 is 1. The highest BCUT2D eigenvalue weighted by atomic mass is 79.9. The first-order valence-electron chi connectivity index (χ1n) is 7.19. The number of likely N-dealkylation sites (tertiary alicyclic amines) is 1. The number of hydrogen-bond acceptors (Lipinski definition) is 3. The van der Waals surface area contributed by atoms with Crippen molar-refractivity contribution in [3.8, 4) is 0 Å². The van der Waals surface area contributed by atoms with Crippen molar-refractivity contribution in [2.75, 3.05) is 7.11 Å². The summed E-state index contributed by atoms with van der Waals surface area (Å²) in [5.41, 5.74) is 1.81. The zero-order valence-corrected chi connectivity index (χ0v) is 13.9. The molecule has 2 unspecified atom stereocenters. The van der Waals surface area contributed by atoms with Crippen molar-refractivity contribution in [2.24, 2.45) is 0 Å². The number of carbonyl (C=O) groups is 1. The Morgan fingerprint density at radius 2 is 2.20 bits per heavy atom. The maximum Gasteiger partial charge on any atom is 0.337 e. The SMILES string of the molecule is CCC1CCC(C)N1Cc1ccc(C(=O)OC)cc1Br. The lowest BCUT2D eigenvalue weighted by molar-refractivity contribution is 0.0600. The van der Waals surface area contributed by atoms with Crippen LogP contribution in [0.1, 0.15) is 49.0 Å². The van der Waals surface area contributed by atoms with Crippen LogP contribution in [0.5, 0.6) is 0 Å². The average Bonchev–Trinajstić information content (AvgIpc) is 2.80. The molecule has 0 amide bonds. The van der Waals surface area contributed by atoms with E-state index in [1.807, 2.05) is 18.2 Å². The van der Waals surface area contributed by atoms with Gasteiger partial charge in [-0.2, -0.15) is 0 Å². The Kier molecular flexibility index (Phi) is 5.22. The minimum atomic E-state index is -0.293. The van der Waals surface area contributed by atoms with Gasteiger partial charge in [-0.3, -0.25) is 4.90 Å². The summed E-state index contributed by atoms with van der Waals surface area (Å²) in [7, 11) is 1.40. The Hall–Kier alpha value is -0.870. The normalized spacial score (nSPS) is 23.0. The summed E-state index contributed by atoms with van der Waals surface area (Å²) in [6.45, 7) is 5.49. The third kappa shape index (κ3) is 3.23. The van der Waals surface area contributed by atoms with E-state index >= 15 is 0 Å². The van der Waals surface area contributed by atoms with E-state index in [9.17, 15) is 4.79 Å². The van der Waals surface area contributed by atoms with Crippen LogP contribution < -0.4 is 0 Å². The number of rotatable bonds is 4. The van der Waals surface area contributed by atoms with Crippen molar-refractivity contribution >= 4 is 21.9 Å². The minimum absolute atomic E-state index is 0.293. The molecular weight excluding hydrogens is 318 g/mol. The van der Waals surface area contributed by atoms with Crippen molar-refractivity contribution < 1.29 is 9.53 Å². The van der Waals surface area contributed by atoms with Gasteiger partial charge in [0.05, 0.1) is 12.7 Å². The largest absolute Gasteiger partial charge is 0.465 e. The van der Waals surface area contributed by atoms with Gasteiger partial charge in [-0.25, -0.2) is 4.79 Å². The summed E-state index contributed by atoms with van der Waals surface area (Å²) in [4.78, 5) is 14.1. The molecule has 2 atom stereocenters. The van der Waals surface area contributed by atoms with Crippen molar-refractivity contribution in [3.63, 3.8) is 0 Å². The summed E-state index contributed by atoms with van der Waals surface area (Å²) in [5.74, 6) is -0.293. The van der Waals surface area contributed by atoms with E-state index in [4.69, 9.17) is 4.74 Å². The Bertz CT molecular complexity index is 489. The smallest absolute Gasteiger partial charge is 0.337 e. The van der Waals surface area contributed by atoms with E-state index in [-0.39, 0.29) is 5.97 Å². The highest BCUT2D eigenvalue weighted by Crippen LogP contribution is 2.30. The van der Waals surface area contributed by atoms with Crippen LogP contribution in [0.25, 0.3) is 0 Å². The fourth-order valence-corrected chi connectivity index (χ4v) is 3.47. The minimum Gasteiger partial charge on any atom is -0.465 e. The predicted octanol–water partition coefficient (Wildman–Crippen LogP) is 4.00. The van der Waals surface area contributed by atoms with Gasteiger partial charge in [0.1, 0.15) is 0 Å². The maximum atomic E-state index is 11.5. The lowest BCUT2D eigenvalue weighted by Crippen LogP contribution is -2.33. The number of halogens is 1. The standard InChI is InChI=1S/C16H22BrNO2/c1-4-14-8-5-11(2)18(14)10-13-7-6-12(9-15(13)17)16(19)20-3/h6-7,9,11,14H,4-5,8,10H2,1-3H3. The zero-order chi connectivity index (χ0) is 14.7. The van der Waals surface area contributed by atoms with Crippen LogP contribution in [0.2, 0.25) is 0 Å². The van der Waals surface area contributed by atoms with Crippen LogP contribution in [-0.2, 0) is 11.3 Å². The first kappa shape index (κ1) is 15.5. The molecule has 0 N–H and O–H groups in total. The van der Waals surface area contributed by atoms with Crippen LogP contribution in [0, 0.1) is 0 Å². The molecule has 0 aromatic heterocycles. The molecule has 0 radical (unpaired) electrons. The molecular formula is C16H22BrNO2. The van der Waals surface area contributed by atoms with Gasteiger partial charge in [0.15, 0.2) is 0 Å². The van der Waals surface area contributed by atoms with Crippen LogP contribution in [0.15, 0.2) is 22.7 Å². The van der Waals surface area contributed by atoms with Crippen molar-refractivity contribution in [1.29, 1.82) is 0 Å². The van der Waals surface area contributed by atoms with E-state index in [1.165, 1.54) is 31.9 Å². The molecule has 1 saturated heterocycles. The number of carbonyl (C=O) groups excluding carboxylic acids is 1. The van der Waals surface area contributed by atoms with E-state index in [0.717, 1.165) is 11.0 Å². The van der Waals surface area contributed by atoms with Gasteiger partial charge in [0, 0.05) is 23.1 Å². The van der Waals surface area contributed by atoms with Gasteiger partial charge in [0.2, 0.25) is 0 Å². The molecule has 4 heteroatoms. The fourth-order valence-electron chi connectivity index (χ4n) is 2.97. The predicted molar refractivity (Wildman–Crippen MR) is 83.8 cm³/mol. The molecule has 0 aliphatic carbocycles. The van der Waals surface area contributed by atoms with E-state index in [0.29, 0.717) is 17.6 Å². The maximum absolute atomic E-state index is 11.5. The molecule has 0 saturated carbocycles. The quantitative estimate of drug-likeness (QED) is 0.776. The molecule has 1 aliphatic rings.